The van der Waals surface area contributed by atoms with Gasteiger partial charge in [0.25, 0.3) is 5.91 Å². The zero-order valence-electron chi connectivity index (χ0n) is 13.8. The summed E-state index contributed by atoms with van der Waals surface area (Å²) in [5, 5.41) is 2.69. The molecule has 3 heterocycles. The molecule has 23 heavy (non-hydrogen) atoms. The lowest BCUT2D eigenvalue weighted by atomic mass is 10.0. The summed E-state index contributed by atoms with van der Waals surface area (Å²) in [6, 6.07) is 4.00. The molecule has 2 aromatic rings. The van der Waals surface area contributed by atoms with E-state index in [1.165, 1.54) is 0 Å². The van der Waals surface area contributed by atoms with Gasteiger partial charge < -0.3 is 14.6 Å². The molecule has 0 saturated heterocycles. The maximum Gasteiger partial charge on any atom is 0.267 e. The Bertz CT molecular complexity index is 790. The monoisotopic (exact) mass is 312 g/mol. The average molecular weight is 312 g/mol. The summed E-state index contributed by atoms with van der Waals surface area (Å²) in [6.45, 7) is 4.69. The highest BCUT2D eigenvalue weighted by Crippen LogP contribution is 2.30. The predicted octanol–water partition coefficient (Wildman–Crippen LogP) is 2.18. The lowest BCUT2D eigenvalue weighted by Crippen LogP contribution is -2.22. The first-order valence-electron chi connectivity index (χ1n) is 7.57. The lowest BCUT2D eigenvalue weighted by Gasteiger charge is -2.11. The molecule has 6 nitrogen and oxygen atoms in total. The van der Waals surface area contributed by atoms with Crippen molar-refractivity contribution >= 4 is 11.6 Å². The number of methoxy groups -OCH3 is 1. The normalized spacial score (nSPS) is 13.0. The number of rotatable bonds is 4. The van der Waals surface area contributed by atoms with Crippen molar-refractivity contribution in [3.8, 4) is 5.88 Å². The fourth-order valence-corrected chi connectivity index (χ4v) is 2.85. The topological polar surface area (TPSA) is 68.5 Å². The van der Waals surface area contributed by atoms with Gasteiger partial charge in [-0.25, -0.2) is 4.98 Å². The van der Waals surface area contributed by atoms with E-state index in [0.717, 1.165) is 22.4 Å². The molecule has 0 aliphatic carbocycles. The molecular weight excluding hydrogens is 292 g/mol. The lowest BCUT2D eigenvalue weighted by molar-refractivity contribution is 0.0952. The Hall–Kier alpha value is -2.63. The molecule has 1 N–H and O–H groups in total. The second-order valence-electron chi connectivity index (χ2n) is 5.71. The van der Waals surface area contributed by atoms with E-state index in [-0.39, 0.29) is 11.9 Å². The van der Waals surface area contributed by atoms with Crippen LogP contribution in [0.2, 0.25) is 0 Å². The molecule has 0 saturated carbocycles. The molecule has 0 bridgehead atoms. The van der Waals surface area contributed by atoms with E-state index in [1.807, 2.05) is 36.7 Å². The van der Waals surface area contributed by atoms with Crippen LogP contribution in [0.15, 0.2) is 29.5 Å². The van der Waals surface area contributed by atoms with Gasteiger partial charge in [0, 0.05) is 31.0 Å². The highest BCUT2D eigenvalue weighted by Gasteiger charge is 2.25. The van der Waals surface area contributed by atoms with Crippen LogP contribution in [0.1, 0.15) is 47.1 Å². The number of nitrogens with zero attached hydrogens (tertiary/aromatic N) is 3. The molecule has 1 amide bonds. The standard InChI is InChI=1S/C17H20N4O2/c1-10(2)21-9-12(7-13(21)16(22)18-3)15-14-11(8-20-15)5-6-19-17(14)23-4/h5-7,9-10H,8H2,1-4H3,(H,18,22). The van der Waals surface area contributed by atoms with Crippen LogP contribution in [0.5, 0.6) is 5.88 Å². The summed E-state index contributed by atoms with van der Waals surface area (Å²) in [5.74, 6) is 0.458. The van der Waals surface area contributed by atoms with Gasteiger partial charge in [-0.3, -0.25) is 9.79 Å². The maximum atomic E-state index is 12.1. The fourth-order valence-electron chi connectivity index (χ4n) is 2.85. The van der Waals surface area contributed by atoms with Crippen LogP contribution in [0.25, 0.3) is 0 Å². The highest BCUT2D eigenvalue weighted by molar-refractivity contribution is 6.17. The number of aliphatic imine (C=N–C) groups is 1. The number of aromatic nitrogens is 2. The van der Waals surface area contributed by atoms with Crippen LogP contribution in [0.4, 0.5) is 0 Å². The number of hydrogen-bond donors (Lipinski definition) is 1. The van der Waals surface area contributed by atoms with Crippen molar-refractivity contribution in [2.45, 2.75) is 26.4 Å². The van der Waals surface area contributed by atoms with Gasteiger partial charge in [0.2, 0.25) is 5.88 Å². The predicted molar refractivity (Wildman–Crippen MR) is 88.3 cm³/mol. The molecule has 1 aliphatic rings. The van der Waals surface area contributed by atoms with Crippen LogP contribution in [-0.4, -0.2) is 35.3 Å². The van der Waals surface area contributed by atoms with Crippen LogP contribution in [0.3, 0.4) is 0 Å². The summed E-state index contributed by atoms with van der Waals surface area (Å²) >= 11 is 0. The van der Waals surface area contributed by atoms with Crippen molar-refractivity contribution in [2.75, 3.05) is 14.2 Å². The van der Waals surface area contributed by atoms with Gasteiger partial charge in [-0.15, -0.1) is 0 Å². The van der Waals surface area contributed by atoms with E-state index < -0.39 is 0 Å². The van der Waals surface area contributed by atoms with Gasteiger partial charge in [0.15, 0.2) is 0 Å². The van der Waals surface area contributed by atoms with Gasteiger partial charge in [-0.2, -0.15) is 0 Å². The molecular formula is C17H20N4O2. The van der Waals surface area contributed by atoms with E-state index in [9.17, 15) is 4.79 Å². The summed E-state index contributed by atoms with van der Waals surface area (Å²) in [6.07, 6.45) is 3.70. The Kier molecular flexibility index (Phi) is 3.90. The van der Waals surface area contributed by atoms with Crippen LogP contribution in [0, 0.1) is 0 Å². The molecule has 0 spiro atoms. The van der Waals surface area contributed by atoms with E-state index >= 15 is 0 Å². The van der Waals surface area contributed by atoms with Gasteiger partial charge in [-0.05, 0) is 31.5 Å². The molecule has 6 heteroatoms. The number of pyridine rings is 1. The third-order valence-corrected chi connectivity index (χ3v) is 3.98. The van der Waals surface area contributed by atoms with E-state index in [1.54, 1.807) is 20.4 Å². The number of nitrogens with one attached hydrogen (secondary N) is 1. The molecule has 0 radical (unpaired) electrons. The average Bonchev–Trinajstić information content (AvgIpc) is 3.17. The van der Waals surface area contributed by atoms with E-state index in [2.05, 4.69) is 15.3 Å². The van der Waals surface area contributed by atoms with Crippen LogP contribution >= 0.6 is 0 Å². The minimum Gasteiger partial charge on any atom is -0.480 e. The van der Waals surface area contributed by atoms with Crippen LogP contribution in [-0.2, 0) is 6.54 Å². The number of ether oxygens (including phenoxy) is 1. The number of fused-ring (bicyclic) bond motifs is 1. The SMILES string of the molecule is CNC(=O)c1cc(C2=NCc3ccnc(OC)c32)cn1C(C)C. The smallest absolute Gasteiger partial charge is 0.267 e. The summed E-state index contributed by atoms with van der Waals surface area (Å²) in [5.41, 5.74) is 4.36. The molecule has 0 aromatic carbocycles. The molecule has 1 aliphatic heterocycles. The zero-order chi connectivity index (χ0) is 16.6. The fraction of sp³-hybridized carbons (Fsp3) is 0.353. The van der Waals surface area contributed by atoms with Gasteiger partial charge in [-0.1, -0.05) is 0 Å². The van der Waals surface area contributed by atoms with Crippen molar-refractivity contribution in [2.24, 2.45) is 4.99 Å². The van der Waals surface area contributed by atoms with Gasteiger partial charge in [0.05, 0.1) is 24.9 Å². The molecule has 2 aromatic heterocycles. The first-order chi connectivity index (χ1) is 11.1. The second-order valence-corrected chi connectivity index (χ2v) is 5.71. The molecule has 120 valence electrons. The van der Waals surface area contributed by atoms with Gasteiger partial charge >= 0.3 is 0 Å². The molecule has 0 atom stereocenters. The second kappa shape index (κ2) is 5.87. The number of carbonyl (C=O) groups excluding carboxylic acids is 1. The number of amides is 1. The minimum absolute atomic E-state index is 0.109. The van der Waals surface area contributed by atoms with Crippen LogP contribution < -0.4 is 10.1 Å². The third kappa shape index (κ3) is 2.50. The highest BCUT2D eigenvalue weighted by atomic mass is 16.5. The number of hydrogen-bond acceptors (Lipinski definition) is 4. The summed E-state index contributed by atoms with van der Waals surface area (Å²) < 4.78 is 7.34. The van der Waals surface area contributed by atoms with Gasteiger partial charge in [0.1, 0.15) is 5.69 Å². The van der Waals surface area contributed by atoms with Crippen molar-refractivity contribution in [1.29, 1.82) is 0 Å². The maximum absolute atomic E-state index is 12.1. The molecule has 0 unspecified atom stereocenters. The Balaban J connectivity index is 2.11. The Labute approximate surface area is 135 Å². The Morgan fingerprint density at radius 3 is 2.87 bits per heavy atom. The Morgan fingerprint density at radius 2 is 2.22 bits per heavy atom. The van der Waals surface area contributed by atoms with Crippen molar-refractivity contribution in [1.82, 2.24) is 14.9 Å². The quantitative estimate of drug-likeness (QED) is 0.941. The minimum atomic E-state index is -0.109. The van der Waals surface area contributed by atoms with Crippen molar-refractivity contribution in [3.05, 3.63) is 46.9 Å². The van der Waals surface area contributed by atoms with E-state index in [4.69, 9.17) is 4.74 Å². The zero-order valence-corrected chi connectivity index (χ0v) is 13.8. The molecule has 0 fully saturated rings. The number of carbonyl (C=O) groups is 1. The Morgan fingerprint density at radius 1 is 1.43 bits per heavy atom. The van der Waals surface area contributed by atoms with Crippen molar-refractivity contribution < 1.29 is 9.53 Å². The first kappa shape index (κ1) is 15.3. The summed E-state index contributed by atoms with van der Waals surface area (Å²) in [7, 11) is 3.24. The third-order valence-electron chi connectivity index (χ3n) is 3.98. The van der Waals surface area contributed by atoms with Crippen molar-refractivity contribution in [3.63, 3.8) is 0 Å². The summed E-state index contributed by atoms with van der Waals surface area (Å²) in [4.78, 5) is 21.0. The molecule has 3 rings (SSSR count). The van der Waals surface area contributed by atoms with E-state index in [0.29, 0.717) is 18.1 Å². The largest absolute Gasteiger partial charge is 0.480 e. The first-order valence-corrected chi connectivity index (χ1v) is 7.57.